The summed E-state index contributed by atoms with van der Waals surface area (Å²) in [6.45, 7) is 3.85. The molecule has 0 unspecified atom stereocenters. The van der Waals surface area contributed by atoms with Gasteiger partial charge in [-0.15, -0.1) is 0 Å². The highest BCUT2D eigenvalue weighted by Gasteiger charge is 2.35. The quantitative estimate of drug-likeness (QED) is 0.187. The number of methoxy groups -OCH3 is 2. The van der Waals surface area contributed by atoms with Crippen molar-refractivity contribution >= 4 is 27.5 Å². The van der Waals surface area contributed by atoms with E-state index in [1.807, 2.05) is 68.4 Å². The first-order valence-corrected chi connectivity index (χ1v) is 16.6. The van der Waals surface area contributed by atoms with Gasteiger partial charge in [-0.2, -0.15) is 0 Å². The van der Waals surface area contributed by atoms with E-state index in [9.17, 15) is 18.0 Å². The number of amides is 2. The highest BCUT2D eigenvalue weighted by molar-refractivity contribution is 7.92. The number of nitrogens with one attached hydrogen (secondary N) is 1. The van der Waals surface area contributed by atoms with Crippen molar-refractivity contribution in [3.05, 3.63) is 120 Å². The molecule has 0 heterocycles. The molecule has 9 nitrogen and oxygen atoms in total. The van der Waals surface area contributed by atoms with Crippen molar-refractivity contribution in [1.29, 1.82) is 0 Å². The van der Waals surface area contributed by atoms with Crippen LogP contribution in [0.5, 0.6) is 11.5 Å². The zero-order chi connectivity index (χ0) is 33.1. The minimum Gasteiger partial charge on any atom is -0.497 e. The molecule has 0 aliphatic heterocycles. The lowest BCUT2D eigenvalue weighted by molar-refractivity contribution is -0.140. The fraction of sp³-hybridized carbons (Fsp3) is 0.278. The average molecular weight is 644 g/mol. The van der Waals surface area contributed by atoms with Gasteiger partial charge >= 0.3 is 0 Å². The zero-order valence-corrected chi connectivity index (χ0v) is 27.5. The number of rotatable bonds is 15. The summed E-state index contributed by atoms with van der Waals surface area (Å²) in [6.07, 6.45) is 0.955. The van der Waals surface area contributed by atoms with Crippen molar-refractivity contribution < 1.29 is 27.5 Å². The summed E-state index contributed by atoms with van der Waals surface area (Å²) in [5.74, 6) is -0.256. The molecule has 0 aliphatic carbocycles. The maximum atomic E-state index is 14.6. The molecule has 4 aromatic carbocycles. The third-order valence-electron chi connectivity index (χ3n) is 7.56. The Morgan fingerprint density at radius 2 is 1.48 bits per heavy atom. The standard InChI is InChI=1S/C36H41N3O6S/c1-5-22-37-36(41)33(23-28-12-8-6-9-13-28)38(25-29-18-16-27(2)17-19-29)35(40)26-39(46(42,43)31-14-10-7-11-15-31)32-24-30(44-3)20-21-34(32)45-4/h6-21,24,33H,5,22-23,25-26H2,1-4H3,(H,37,41)/t33-/m0/s1. The van der Waals surface area contributed by atoms with Crippen LogP contribution in [0.25, 0.3) is 0 Å². The number of anilines is 1. The van der Waals surface area contributed by atoms with Gasteiger partial charge in [0.25, 0.3) is 10.0 Å². The van der Waals surface area contributed by atoms with E-state index in [-0.39, 0.29) is 35.2 Å². The van der Waals surface area contributed by atoms with E-state index in [4.69, 9.17) is 9.47 Å². The Bertz CT molecular complexity index is 1700. The highest BCUT2D eigenvalue weighted by Crippen LogP contribution is 2.36. The first-order valence-electron chi connectivity index (χ1n) is 15.1. The smallest absolute Gasteiger partial charge is 0.264 e. The lowest BCUT2D eigenvalue weighted by atomic mass is 10.0. The van der Waals surface area contributed by atoms with Gasteiger partial charge in [0.15, 0.2) is 0 Å². The van der Waals surface area contributed by atoms with E-state index in [2.05, 4.69) is 5.32 Å². The molecule has 0 saturated carbocycles. The number of hydrogen-bond acceptors (Lipinski definition) is 6. The number of benzene rings is 4. The largest absolute Gasteiger partial charge is 0.497 e. The molecule has 46 heavy (non-hydrogen) atoms. The van der Waals surface area contributed by atoms with Gasteiger partial charge in [-0.25, -0.2) is 8.42 Å². The molecule has 0 spiro atoms. The maximum absolute atomic E-state index is 14.6. The number of aryl methyl sites for hydroxylation is 1. The lowest BCUT2D eigenvalue weighted by Gasteiger charge is -2.34. The second kappa shape index (κ2) is 15.9. The van der Waals surface area contributed by atoms with Crippen molar-refractivity contribution in [2.24, 2.45) is 0 Å². The fourth-order valence-corrected chi connectivity index (χ4v) is 6.47. The molecule has 242 valence electrons. The fourth-order valence-electron chi connectivity index (χ4n) is 5.03. The van der Waals surface area contributed by atoms with Gasteiger partial charge in [-0.05, 0) is 48.7 Å². The van der Waals surface area contributed by atoms with E-state index in [0.717, 1.165) is 21.0 Å². The maximum Gasteiger partial charge on any atom is 0.264 e. The molecular formula is C36H41N3O6S. The summed E-state index contributed by atoms with van der Waals surface area (Å²) in [7, 11) is -1.39. The zero-order valence-electron chi connectivity index (χ0n) is 26.7. The van der Waals surface area contributed by atoms with Crippen LogP contribution in [-0.4, -0.2) is 58.5 Å². The summed E-state index contributed by atoms with van der Waals surface area (Å²) in [4.78, 5) is 29.9. The molecule has 1 atom stereocenters. The third-order valence-corrected chi connectivity index (χ3v) is 9.33. The van der Waals surface area contributed by atoms with Crippen LogP contribution in [0.3, 0.4) is 0 Å². The summed E-state index contributed by atoms with van der Waals surface area (Å²) >= 11 is 0. The van der Waals surface area contributed by atoms with Crippen molar-refractivity contribution in [1.82, 2.24) is 10.2 Å². The molecule has 0 bridgehead atoms. The molecule has 0 saturated heterocycles. The number of sulfonamides is 1. The van der Waals surface area contributed by atoms with Gasteiger partial charge in [0, 0.05) is 25.6 Å². The molecule has 10 heteroatoms. The van der Waals surface area contributed by atoms with E-state index >= 15 is 0 Å². The van der Waals surface area contributed by atoms with Gasteiger partial charge < -0.3 is 19.7 Å². The van der Waals surface area contributed by atoms with Crippen LogP contribution in [0.1, 0.15) is 30.0 Å². The molecule has 0 radical (unpaired) electrons. The van der Waals surface area contributed by atoms with Crippen LogP contribution in [0.4, 0.5) is 5.69 Å². The Morgan fingerprint density at radius 3 is 2.09 bits per heavy atom. The average Bonchev–Trinajstić information content (AvgIpc) is 3.08. The van der Waals surface area contributed by atoms with Crippen LogP contribution < -0.4 is 19.1 Å². The van der Waals surface area contributed by atoms with Crippen LogP contribution in [0.2, 0.25) is 0 Å². The minimum absolute atomic E-state index is 0.000665. The Hall–Kier alpha value is -4.83. The molecule has 2 amide bonds. The summed E-state index contributed by atoms with van der Waals surface area (Å²) in [6, 6.07) is 28.9. The normalized spacial score (nSPS) is 11.7. The number of ether oxygens (including phenoxy) is 2. The van der Waals surface area contributed by atoms with Crippen LogP contribution in [0, 0.1) is 6.92 Å². The Balaban J connectivity index is 1.84. The second-order valence-corrected chi connectivity index (χ2v) is 12.7. The number of carbonyl (C=O) groups excluding carboxylic acids is 2. The molecule has 0 aliphatic rings. The topological polar surface area (TPSA) is 105 Å². The van der Waals surface area contributed by atoms with Crippen molar-refractivity contribution in [2.45, 2.75) is 44.2 Å². The van der Waals surface area contributed by atoms with Crippen LogP contribution >= 0.6 is 0 Å². The molecular weight excluding hydrogens is 602 g/mol. The van der Waals surface area contributed by atoms with Crippen molar-refractivity contribution in [3.8, 4) is 11.5 Å². The summed E-state index contributed by atoms with van der Waals surface area (Å²) in [5.41, 5.74) is 2.85. The molecule has 4 rings (SSSR count). The minimum atomic E-state index is -4.29. The number of nitrogens with zero attached hydrogens (tertiary/aromatic N) is 2. The number of hydrogen-bond donors (Lipinski definition) is 1. The first kappa shape index (κ1) is 34.1. The predicted molar refractivity (Wildman–Crippen MR) is 179 cm³/mol. The SMILES string of the molecule is CCCNC(=O)[C@H](Cc1ccccc1)N(Cc1ccc(C)cc1)C(=O)CN(c1cc(OC)ccc1OC)S(=O)(=O)c1ccccc1. The van der Waals surface area contributed by atoms with E-state index < -0.39 is 28.5 Å². The predicted octanol–water partition coefficient (Wildman–Crippen LogP) is 5.37. The van der Waals surface area contributed by atoms with Gasteiger partial charge in [-0.1, -0.05) is 85.3 Å². The van der Waals surface area contributed by atoms with E-state index in [1.165, 1.54) is 37.3 Å². The first-order chi connectivity index (χ1) is 22.2. The Kier molecular flexibility index (Phi) is 11.8. The van der Waals surface area contributed by atoms with Crippen LogP contribution in [0.15, 0.2) is 108 Å². The molecule has 0 aromatic heterocycles. The summed E-state index contributed by atoms with van der Waals surface area (Å²) in [5, 5.41) is 2.96. The second-order valence-electron chi connectivity index (χ2n) is 10.9. The van der Waals surface area contributed by atoms with Gasteiger partial charge in [0.05, 0.1) is 24.8 Å². The van der Waals surface area contributed by atoms with E-state index in [0.29, 0.717) is 18.7 Å². The molecule has 4 aromatic rings. The lowest BCUT2D eigenvalue weighted by Crippen LogP contribution is -2.53. The van der Waals surface area contributed by atoms with E-state index in [1.54, 1.807) is 30.3 Å². The monoisotopic (exact) mass is 643 g/mol. The summed E-state index contributed by atoms with van der Waals surface area (Å²) < 4.78 is 40.5. The Labute approximate surface area is 271 Å². The van der Waals surface area contributed by atoms with Gasteiger partial charge in [0.1, 0.15) is 24.1 Å². The Morgan fingerprint density at radius 1 is 0.826 bits per heavy atom. The number of carbonyl (C=O) groups is 2. The van der Waals surface area contributed by atoms with Crippen molar-refractivity contribution in [2.75, 3.05) is 31.6 Å². The van der Waals surface area contributed by atoms with Gasteiger partial charge in [-0.3, -0.25) is 13.9 Å². The van der Waals surface area contributed by atoms with Crippen molar-refractivity contribution in [3.63, 3.8) is 0 Å². The third kappa shape index (κ3) is 8.45. The molecule has 0 fully saturated rings. The highest BCUT2D eigenvalue weighted by atomic mass is 32.2. The van der Waals surface area contributed by atoms with Gasteiger partial charge in [0.2, 0.25) is 11.8 Å². The molecule has 1 N–H and O–H groups in total. The van der Waals surface area contributed by atoms with Crippen LogP contribution in [-0.2, 0) is 32.6 Å².